The van der Waals surface area contributed by atoms with Crippen molar-refractivity contribution in [1.29, 1.82) is 0 Å². The first-order chi connectivity index (χ1) is 8.56. The molecule has 0 aliphatic carbocycles. The van der Waals surface area contributed by atoms with Gasteiger partial charge in [0.2, 0.25) is 0 Å². The van der Waals surface area contributed by atoms with Gasteiger partial charge in [-0.15, -0.1) is 0 Å². The van der Waals surface area contributed by atoms with Gasteiger partial charge in [-0.1, -0.05) is 27.5 Å². The molecule has 0 fully saturated rings. The molecule has 0 amide bonds. The fraction of sp³-hybridized carbons (Fsp3) is 0.154. The molecule has 1 unspecified atom stereocenters. The average Bonchev–Trinajstić information content (AvgIpc) is 2.34. The minimum Gasteiger partial charge on any atom is -0.454 e. The summed E-state index contributed by atoms with van der Waals surface area (Å²) in [5.74, 6) is 1.21. The summed E-state index contributed by atoms with van der Waals surface area (Å²) in [4.78, 5) is 4.22. The summed E-state index contributed by atoms with van der Waals surface area (Å²) >= 11 is 9.41. The molecule has 3 nitrogen and oxygen atoms in total. The van der Waals surface area contributed by atoms with Gasteiger partial charge in [0.25, 0.3) is 0 Å². The molecular formula is C13H12BrClN2O. The minimum atomic E-state index is -0.0893. The highest BCUT2D eigenvalue weighted by atomic mass is 79.9. The van der Waals surface area contributed by atoms with Crippen molar-refractivity contribution in [2.45, 2.75) is 13.0 Å². The molecule has 1 heterocycles. The average molecular weight is 328 g/mol. The predicted octanol–water partition coefficient (Wildman–Crippen LogP) is 4.31. The summed E-state index contributed by atoms with van der Waals surface area (Å²) in [6, 6.07) is 9.00. The molecule has 1 aromatic heterocycles. The van der Waals surface area contributed by atoms with Crippen LogP contribution in [0.5, 0.6) is 11.5 Å². The number of halogens is 2. The van der Waals surface area contributed by atoms with Crippen LogP contribution in [0.2, 0.25) is 5.02 Å². The van der Waals surface area contributed by atoms with Crippen molar-refractivity contribution in [2.75, 3.05) is 0 Å². The molecule has 18 heavy (non-hydrogen) atoms. The van der Waals surface area contributed by atoms with E-state index in [1.54, 1.807) is 12.3 Å². The minimum absolute atomic E-state index is 0.0893. The molecule has 0 spiro atoms. The second kappa shape index (κ2) is 5.69. The third-order valence-corrected chi connectivity index (χ3v) is 3.15. The normalized spacial score (nSPS) is 12.2. The molecule has 0 saturated carbocycles. The van der Waals surface area contributed by atoms with Gasteiger partial charge in [-0.2, -0.15) is 0 Å². The Morgan fingerprint density at radius 1 is 1.33 bits per heavy atom. The molecule has 5 heteroatoms. The molecule has 0 radical (unpaired) electrons. The fourth-order valence-electron chi connectivity index (χ4n) is 1.40. The van der Waals surface area contributed by atoms with Crippen LogP contribution in [-0.2, 0) is 0 Å². The zero-order valence-electron chi connectivity index (χ0n) is 9.73. The zero-order valence-corrected chi connectivity index (χ0v) is 12.1. The number of pyridine rings is 1. The molecule has 0 aliphatic rings. The molecular weight excluding hydrogens is 316 g/mol. The highest BCUT2D eigenvalue weighted by Crippen LogP contribution is 2.31. The van der Waals surface area contributed by atoms with Crippen LogP contribution >= 0.6 is 27.5 Å². The molecule has 94 valence electrons. The lowest BCUT2D eigenvalue weighted by Gasteiger charge is -2.09. The third kappa shape index (κ3) is 3.22. The van der Waals surface area contributed by atoms with Gasteiger partial charge in [0.05, 0.1) is 16.9 Å². The monoisotopic (exact) mass is 326 g/mol. The van der Waals surface area contributed by atoms with E-state index in [4.69, 9.17) is 22.1 Å². The number of aromatic nitrogens is 1. The molecule has 1 atom stereocenters. The lowest BCUT2D eigenvalue weighted by molar-refractivity contribution is 0.479. The van der Waals surface area contributed by atoms with Crippen molar-refractivity contribution < 1.29 is 4.74 Å². The summed E-state index contributed by atoms with van der Waals surface area (Å²) < 4.78 is 6.56. The molecule has 2 N–H and O–H groups in total. The molecule has 0 saturated heterocycles. The van der Waals surface area contributed by atoms with E-state index in [-0.39, 0.29) is 6.04 Å². The van der Waals surface area contributed by atoms with Crippen LogP contribution in [0.15, 0.2) is 41.0 Å². The number of hydrogen-bond donors (Lipinski definition) is 1. The number of rotatable bonds is 3. The Bertz CT molecular complexity index is 543. The van der Waals surface area contributed by atoms with Gasteiger partial charge in [0.1, 0.15) is 11.5 Å². The first-order valence-electron chi connectivity index (χ1n) is 5.40. The summed E-state index contributed by atoms with van der Waals surface area (Å²) in [7, 11) is 0. The quantitative estimate of drug-likeness (QED) is 0.914. The van der Waals surface area contributed by atoms with E-state index in [0.717, 1.165) is 10.2 Å². The third-order valence-electron chi connectivity index (χ3n) is 2.35. The van der Waals surface area contributed by atoms with Crippen molar-refractivity contribution in [3.05, 3.63) is 51.7 Å². The van der Waals surface area contributed by atoms with E-state index in [1.807, 2.05) is 31.2 Å². The SMILES string of the molecule is CC(N)c1ccc(Oc2cc(Br)ccc2Cl)cn1. The maximum atomic E-state index is 6.04. The smallest absolute Gasteiger partial charge is 0.147 e. The first kappa shape index (κ1) is 13.3. The van der Waals surface area contributed by atoms with Crippen LogP contribution < -0.4 is 10.5 Å². The molecule has 2 aromatic rings. The maximum Gasteiger partial charge on any atom is 0.147 e. The molecule has 0 aliphatic heterocycles. The van der Waals surface area contributed by atoms with Gasteiger partial charge in [-0.3, -0.25) is 4.98 Å². The van der Waals surface area contributed by atoms with Crippen LogP contribution in [-0.4, -0.2) is 4.98 Å². The molecule has 1 aromatic carbocycles. The predicted molar refractivity (Wildman–Crippen MR) is 76.1 cm³/mol. The van der Waals surface area contributed by atoms with Crippen molar-refractivity contribution >= 4 is 27.5 Å². The van der Waals surface area contributed by atoms with E-state index < -0.39 is 0 Å². The Morgan fingerprint density at radius 2 is 2.11 bits per heavy atom. The Hall–Kier alpha value is -1.10. The maximum absolute atomic E-state index is 6.04. The standard InChI is InChI=1S/C13H12BrClN2O/c1-8(16)12-5-3-10(7-17-12)18-13-6-9(14)2-4-11(13)15/h2-8H,16H2,1H3. The van der Waals surface area contributed by atoms with E-state index >= 15 is 0 Å². The molecule has 0 bridgehead atoms. The first-order valence-corrected chi connectivity index (χ1v) is 6.58. The van der Waals surface area contributed by atoms with Gasteiger partial charge in [-0.05, 0) is 37.3 Å². The van der Waals surface area contributed by atoms with Crippen LogP contribution in [0.4, 0.5) is 0 Å². The van der Waals surface area contributed by atoms with Crippen LogP contribution in [0.1, 0.15) is 18.7 Å². The summed E-state index contributed by atoms with van der Waals surface area (Å²) in [5, 5.41) is 0.550. The number of nitrogens with zero attached hydrogens (tertiary/aromatic N) is 1. The Labute approximate surface area is 119 Å². The van der Waals surface area contributed by atoms with Crippen LogP contribution in [0.3, 0.4) is 0 Å². The van der Waals surface area contributed by atoms with Gasteiger partial charge in [0, 0.05) is 10.5 Å². The number of ether oxygens (including phenoxy) is 1. The van der Waals surface area contributed by atoms with Crippen molar-refractivity contribution in [1.82, 2.24) is 4.98 Å². The fourth-order valence-corrected chi connectivity index (χ4v) is 1.90. The lowest BCUT2D eigenvalue weighted by atomic mass is 10.2. The summed E-state index contributed by atoms with van der Waals surface area (Å²) in [6.45, 7) is 1.88. The summed E-state index contributed by atoms with van der Waals surface area (Å²) in [5.41, 5.74) is 6.55. The summed E-state index contributed by atoms with van der Waals surface area (Å²) in [6.07, 6.45) is 1.63. The van der Waals surface area contributed by atoms with Crippen LogP contribution in [0, 0.1) is 0 Å². The second-order valence-electron chi connectivity index (χ2n) is 3.88. The Balaban J connectivity index is 2.21. The van der Waals surface area contributed by atoms with E-state index in [1.165, 1.54) is 0 Å². The Kier molecular flexibility index (Phi) is 4.22. The van der Waals surface area contributed by atoms with Gasteiger partial charge in [-0.25, -0.2) is 0 Å². The highest BCUT2D eigenvalue weighted by molar-refractivity contribution is 9.10. The number of hydrogen-bond acceptors (Lipinski definition) is 3. The van der Waals surface area contributed by atoms with Crippen molar-refractivity contribution in [3.63, 3.8) is 0 Å². The number of nitrogens with two attached hydrogens (primary N) is 1. The lowest BCUT2D eigenvalue weighted by Crippen LogP contribution is -2.06. The van der Waals surface area contributed by atoms with E-state index in [9.17, 15) is 0 Å². The molecule has 2 rings (SSSR count). The van der Waals surface area contributed by atoms with Crippen molar-refractivity contribution in [3.8, 4) is 11.5 Å². The van der Waals surface area contributed by atoms with Gasteiger partial charge < -0.3 is 10.5 Å². The van der Waals surface area contributed by atoms with E-state index in [0.29, 0.717) is 16.5 Å². The Morgan fingerprint density at radius 3 is 2.72 bits per heavy atom. The van der Waals surface area contributed by atoms with Gasteiger partial charge in [0.15, 0.2) is 0 Å². The number of benzene rings is 1. The highest BCUT2D eigenvalue weighted by Gasteiger charge is 2.05. The zero-order chi connectivity index (χ0) is 13.1. The van der Waals surface area contributed by atoms with Crippen molar-refractivity contribution in [2.24, 2.45) is 5.73 Å². The van der Waals surface area contributed by atoms with E-state index in [2.05, 4.69) is 20.9 Å². The van der Waals surface area contributed by atoms with Gasteiger partial charge >= 0.3 is 0 Å². The largest absolute Gasteiger partial charge is 0.454 e. The topological polar surface area (TPSA) is 48.1 Å². The van der Waals surface area contributed by atoms with Crippen LogP contribution in [0.25, 0.3) is 0 Å². The second-order valence-corrected chi connectivity index (χ2v) is 5.21.